The molecule has 3 aromatic carbocycles. The van der Waals surface area contributed by atoms with E-state index < -0.39 is 0 Å². The van der Waals surface area contributed by atoms with E-state index in [1.807, 2.05) is 73.7 Å². The molecule has 1 heterocycles. The molecule has 0 atom stereocenters. The Labute approximate surface area is 162 Å². The van der Waals surface area contributed by atoms with E-state index in [9.17, 15) is 9.59 Å². The Hall–Kier alpha value is -3.60. The average molecular weight is 372 g/mol. The molecule has 0 fully saturated rings. The second-order valence-corrected chi connectivity index (χ2v) is 6.79. The molecule has 5 nitrogen and oxygen atoms in total. The van der Waals surface area contributed by atoms with Gasteiger partial charge in [-0.2, -0.15) is 0 Å². The van der Waals surface area contributed by atoms with Gasteiger partial charge in [0.15, 0.2) is 5.76 Å². The van der Waals surface area contributed by atoms with Crippen LogP contribution in [-0.4, -0.2) is 30.3 Å². The molecule has 2 amide bonds. The number of likely N-dealkylation sites (N-methyl/N-ethyl adjacent to an activating group) is 1. The minimum atomic E-state index is -0.318. The lowest BCUT2D eigenvalue weighted by molar-refractivity contribution is -0.116. The van der Waals surface area contributed by atoms with Gasteiger partial charge in [0.2, 0.25) is 5.91 Å². The molecule has 0 spiro atoms. The van der Waals surface area contributed by atoms with Gasteiger partial charge in [-0.05, 0) is 24.4 Å². The molecular formula is C23H20N2O3. The standard InChI is InChI=1S/C23H20N2O3/c1-15-17-10-5-6-13-20(17)28-22(15)23(27)25(2)14-21(26)24-19-12-7-9-16-8-3-4-11-18(16)19/h3-13H,14H2,1-2H3,(H,24,26). The van der Waals surface area contributed by atoms with Crippen molar-refractivity contribution in [2.45, 2.75) is 6.92 Å². The van der Waals surface area contributed by atoms with Crippen molar-refractivity contribution < 1.29 is 14.0 Å². The zero-order valence-electron chi connectivity index (χ0n) is 15.7. The van der Waals surface area contributed by atoms with Gasteiger partial charge in [0.25, 0.3) is 5.91 Å². The number of carbonyl (C=O) groups is 2. The Bertz CT molecular complexity index is 1190. The van der Waals surface area contributed by atoms with E-state index >= 15 is 0 Å². The monoisotopic (exact) mass is 372 g/mol. The van der Waals surface area contributed by atoms with Gasteiger partial charge in [0.1, 0.15) is 5.58 Å². The molecule has 4 aromatic rings. The van der Waals surface area contributed by atoms with Crippen molar-refractivity contribution in [2.24, 2.45) is 0 Å². The Balaban J connectivity index is 1.51. The van der Waals surface area contributed by atoms with E-state index in [1.165, 1.54) is 4.90 Å². The molecule has 0 unspecified atom stereocenters. The number of para-hydroxylation sites is 1. The van der Waals surface area contributed by atoms with Crippen LogP contribution in [0.1, 0.15) is 16.1 Å². The second kappa shape index (κ2) is 7.19. The van der Waals surface area contributed by atoms with Crippen molar-refractivity contribution in [2.75, 3.05) is 18.9 Å². The predicted octanol–water partition coefficient (Wildman–Crippen LogP) is 4.61. The molecule has 1 aromatic heterocycles. The number of hydrogen-bond acceptors (Lipinski definition) is 3. The van der Waals surface area contributed by atoms with Crippen molar-refractivity contribution >= 4 is 39.2 Å². The number of fused-ring (bicyclic) bond motifs is 2. The molecule has 1 N–H and O–H groups in total. The lowest BCUT2D eigenvalue weighted by Crippen LogP contribution is -2.35. The van der Waals surface area contributed by atoms with E-state index in [0.29, 0.717) is 5.58 Å². The third-order valence-corrected chi connectivity index (χ3v) is 4.83. The van der Waals surface area contributed by atoms with Gasteiger partial charge >= 0.3 is 0 Å². The number of carbonyl (C=O) groups excluding carboxylic acids is 2. The number of nitrogens with one attached hydrogen (secondary N) is 1. The molecule has 140 valence electrons. The smallest absolute Gasteiger partial charge is 0.290 e. The van der Waals surface area contributed by atoms with Crippen LogP contribution in [0, 0.1) is 6.92 Å². The molecule has 0 aliphatic heterocycles. The van der Waals surface area contributed by atoms with E-state index in [1.54, 1.807) is 7.05 Å². The molecule has 0 saturated carbocycles. The highest BCUT2D eigenvalue weighted by molar-refractivity contribution is 6.05. The molecule has 4 rings (SSSR count). The van der Waals surface area contributed by atoms with Gasteiger partial charge in [-0.15, -0.1) is 0 Å². The lowest BCUT2D eigenvalue weighted by Gasteiger charge is -2.16. The number of amides is 2. The first kappa shape index (κ1) is 17.8. The highest BCUT2D eigenvalue weighted by Crippen LogP contribution is 2.26. The van der Waals surface area contributed by atoms with Gasteiger partial charge < -0.3 is 14.6 Å². The summed E-state index contributed by atoms with van der Waals surface area (Å²) in [6.07, 6.45) is 0. The van der Waals surface area contributed by atoms with Crippen LogP contribution in [0.4, 0.5) is 5.69 Å². The fraction of sp³-hybridized carbons (Fsp3) is 0.130. The third-order valence-electron chi connectivity index (χ3n) is 4.83. The number of aryl methyl sites for hydroxylation is 1. The van der Waals surface area contributed by atoms with Gasteiger partial charge in [0.05, 0.1) is 6.54 Å². The van der Waals surface area contributed by atoms with Crippen LogP contribution in [0.2, 0.25) is 0 Å². The SMILES string of the molecule is Cc1c(C(=O)N(C)CC(=O)Nc2cccc3ccccc23)oc2ccccc12. The summed E-state index contributed by atoms with van der Waals surface area (Å²) in [7, 11) is 1.59. The number of hydrogen-bond donors (Lipinski definition) is 1. The maximum absolute atomic E-state index is 12.8. The Morgan fingerprint density at radius 2 is 1.61 bits per heavy atom. The molecule has 0 aliphatic rings. The van der Waals surface area contributed by atoms with Crippen LogP contribution >= 0.6 is 0 Å². The predicted molar refractivity (Wildman–Crippen MR) is 110 cm³/mol. The van der Waals surface area contributed by atoms with E-state index in [-0.39, 0.29) is 24.1 Å². The second-order valence-electron chi connectivity index (χ2n) is 6.79. The van der Waals surface area contributed by atoms with Crippen LogP contribution in [0.3, 0.4) is 0 Å². The summed E-state index contributed by atoms with van der Waals surface area (Å²) in [5.41, 5.74) is 2.17. The highest BCUT2D eigenvalue weighted by atomic mass is 16.3. The van der Waals surface area contributed by atoms with Crippen molar-refractivity contribution in [1.82, 2.24) is 4.90 Å². The van der Waals surface area contributed by atoms with E-state index in [2.05, 4.69) is 5.32 Å². The number of anilines is 1. The minimum Gasteiger partial charge on any atom is -0.451 e. The first-order valence-electron chi connectivity index (χ1n) is 9.06. The summed E-state index contributed by atoms with van der Waals surface area (Å²) < 4.78 is 5.72. The Morgan fingerprint density at radius 3 is 2.39 bits per heavy atom. The summed E-state index contributed by atoms with van der Waals surface area (Å²) in [6.45, 7) is 1.78. The number of nitrogens with zero attached hydrogens (tertiary/aromatic N) is 1. The van der Waals surface area contributed by atoms with Crippen LogP contribution in [0.25, 0.3) is 21.7 Å². The quantitative estimate of drug-likeness (QED) is 0.569. The van der Waals surface area contributed by atoms with Crippen LogP contribution in [0.5, 0.6) is 0 Å². The maximum Gasteiger partial charge on any atom is 0.290 e. The van der Waals surface area contributed by atoms with Crippen molar-refractivity contribution in [3.05, 3.63) is 78.1 Å². The maximum atomic E-state index is 12.8. The molecular weight excluding hydrogens is 352 g/mol. The Morgan fingerprint density at radius 1 is 0.929 bits per heavy atom. The molecule has 0 bridgehead atoms. The fourth-order valence-electron chi connectivity index (χ4n) is 3.36. The Kier molecular flexibility index (Phi) is 4.57. The average Bonchev–Trinajstić information content (AvgIpc) is 3.04. The van der Waals surface area contributed by atoms with Crippen molar-refractivity contribution in [1.29, 1.82) is 0 Å². The molecule has 0 aliphatic carbocycles. The lowest BCUT2D eigenvalue weighted by atomic mass is 10.1. The zero-order valence-corrected chi connectivity index (χ0v) is 15.7. The molecule has 28 heavy (non-hydrogen) atoms. The summed E-state index contributed by atoms with van der Waals surface area (Å²) in [6, 6.07) is 21.1. The summed E-state index contributed by atoms with van der Waals surface area (Å²) in [4.78, 5) is 26.7. The van der Waals surface area contributed by atoms with Crippen LogP contribution in [0.15, 0.2) is 71.1 Å². The normalized spacial score (nSPS) is 10.9. The molecule has 0 radical (unpaired) electrons. The third kappa shape index (κ3) is 3.22. The van der Waals surface area contributed by atoms with E-state index in [4.69, 9.17) is 4.42 Å². The van der Waals surface area contributed by atoms with Crippen LogP contribution in [-0.2, 0) is 4.79 Å². The number of rotatable bonds is 4. The zero-order chi connectivity index (χ0) is 19.7. The number of benzene rings is 3. The van der Waals surface area contributed by atoms with Crippen LogP contribution < -0.4 is 5.32 Å². The summed E-state index contributed by atoms with van der Waals surface area (Å²) >= 11 is 0. The fourth-order valence-corrected chi connectivity index (χ4v) is 3.36. The highest BCUT2D eigenvalue weighted by Gasteiger charge is 2.22. The molecule has 5 heteroatoms. The van der Waals surface area contributed by atoms with Gasteiger partial charge in [0, 0.05) is 29.1 Å². The summed E-state index contributed by atoms with van der Waals surface area (Å²) in [5, 5.41) is 5.81. The summed E-state index contributed by atoms with van der Waals surface area (Å²) in [5.74, 6) is -0.315. The van der Waals surface area contributed by atoms with Gasteiger partial charge in [-0.1, -0.05) is 54.6 Å². The van der Waals surface area contributed by atoms with E-state index in [0.717, 1.165) is 27.4 Å². The minimum absolute atomic E-state index is 0.0709. The first-order valence-corrected chi connectivity index (χ1v) is 9.06. The topological polar surface area (TPSA) is 62.6 Å². The molecule has 0 saturated heterocycles. The van der Waals surface area contributed by atoms with Crippen molar-refractivity contribution in [3.8, 4) is 0 Å². The number of furan rings is 1. The van der Waals surface area contributed by atoms with Gasteiger partial charge in [-0.3, -0.25) is 9.59 Å². The largest absolute Gasteiger partial charge is 0.451 e. The first-order chi connectivity index (χ1) is 13.5. The van der Waals surface area contributed by atoms with Crippen molar-refractivity contribution in [3.63, 3.8) is 0 Å². The van der Waals surface area contributed by atoms with Gasteiger partial charge in [-0.25, -0.2) is 0 Å².